The van der Waals surface area contributed by atoms with Gasteiger partial charge in [0, 0.05) is 22.9 Å². The molecule has 112 valence electrons. The first-order valence-electron chi connectivity index (χ1n) is 7.37. The summed E-state index contributed by atoms with van der Waals surface area (Å²) in [5.74, 6) is 0.273. The van der Waals surface area contributed by atoms with E-state index in [-0.39, 0.29) is 11.8 Å². The van der Waals surface area contributed by atoms with Gasteiger partial charge in [0.05, 0.1) is 0 Å². The number of hydrogen-bond acceptors (Lipinski definition) is 3. The van der Waals surface area contributed by atoms with Gasteiger partial charge in [0.2, 0.25) is 5.91 Å². The first kappa shape index (κ1) is 15.2. The predicted octanol–water partition coefficient (Wildman–Crippen LogP) is 2.90. The molecule has 0 spiro atoms. The molecule has 0 bridgehead atoms. The van der Waals surface area contributed by atoms with Gasteiger partial charge in [-0.15, -0.1) is 0 Å². The zero-order valence-electron chi connectivity index (χ0n) is 12.4. The quantitative estimate of drug-likeness (QED) is 0.744. The molecule has 0 unspecified atom stereocenters. The number of hydrogen-bond donors (Lipinski definition) is 3. The lowest BCUT2D eigenvalue weighted by atomic mass is 10.0. The summed E-state index contributed by atoms with van der Waals surface area (Å²) in [5.41, 5.74) is 14.8. The molecule has 4 heteroatoms. The van der Waals surface area contributed by atoms with Gasteiger partial charge < -0.3 is 16.8 Å². The molecule has 2 rings (SSSR count). The first-order chi connectivity index (χ1) is 10.1. The van der Waals surface area contributed by atoms with Gasteiger partial charge in [-0.05, 0) is 55.8 Å². The number of anilines is 1. The van der Waals surface area contributed by atoms with Crippen molar-refractivity contribution in [2.24, 2.45) is 17.4 Å². The molecule has 4 nitrogen and oxygen atoms in total. The maximum atomic E-state index is 12.2. The van der Waals surface area contributed by atoms with Crippen LogP contribution in [0.4, 0.5) is 5.69 Å². The van der Waals surface area contributed by atoms with Crippen LogP contribution in [0.3, 0.4) is 0 Å². The van der Waals surface area contributed by atoms with Gasteiger partial charge in [0.1, 0.15) is 0 Å². The number of nitrogens with two attached hydrogens (primary N) is 2. The van der Waals surface area contributed by atoms with Gasteiger partial charge >= 0.3 is 0 Å². The smallest absolute Gasteiger partial charge is 0.227 e. The molecular weight excluding hydrogens is 262 g/mol. The summed E-state index contributed by atoms with van der Waals surface area (Å²) >= 11 is 0. The fraction of sp³-hybridized carbons (Fsp3) is 0.353. The van der Waals surface area contributed by atoms with Gasteiger partial charge in [-0.25, -0.2) is 0 Å². The molecule has 1 fully saturated rings. The maximum absolute atomic E-state index is 12.2. The van der Waals surface area contributed by atoms with Gasteiger partial charge in [0.15, 0.2) is 0 Å². The largest absolute Gasteiger partial charge is 0.405 e. The number of aryl methyl sites for hydroxylation is 1. The average Bonchev–Trinajstić information content (AvgIpc) is 3.01. The van der Waals surface area contributed by atoms with Crippen molar-refractivity contribution in [3.8, 4) is 0 Å². The molecule has 1 aliphatic rings. The fourth-order valence-corrected chi connectivity index (χ4v) is 2.69. The van der Waals surface area contributed by atoms with Gasteiger partial charge in [-0.3, -0.25) is 4.79 Å². The van der Waals surface area contributed by atoms with Gasteiger partial charge in [-0.2, -0.15) is 0 Å². The summed E-state index contributed by atoms with van der Waals surface area (Å²) < 4.78 is 0. The standard InChI is InChI=1S/C17H23N3O/c1-12-8-9-14(11-15(12)16(19)7-4-10-18)20-17(21)13-5-2-3-6-13/h4,7-11,13H,2-3,5-6,18-19H2,1H3,(H,20,21)/b10-4-,16-7-. The molecule has 1 aliphatic carbocycles. The lowest BCUT2D eigenvalue weighted by molar-refractivity contribution is -0.119. The van der Waals surface area contributed by atoms with Crippen molar-refractivity contribution in [1.29, 1.82) is 0 Å². The zero-order valence-corrected chi connectivity index (χ0v) is 12.4. The van der Waals surface area contributed by atoms with E-state index in [0.717, 1.165) is 42.5 Å². The molecule has 21 heavy (non-hydrogen) atoms. The minimum atomic E-state index is 0.117. The third-order valence-electron chi connectivity index (χ3n) is 3.93. The van der Waals surface area contributed by atoms with Crippen LogP contribution in [-0.4, -0.2) is 5.91 Å². The number of carbonyl (C=O) groups is 1. The fourth-order valence-electron chi connectivity index (χ4n) is 2.69. The highest BCUT2D eigenvalue weighted by atomic mass is 16.1. The number of benzene rings is 1. The number of carbonyl (C=O) groups excluding carboxylic acids is 1. The Balaban J connectivity index is 2.16. The summed E-state index contributed by atoms with van der Waals surface area (Å²) in [5, 5.41) is 3.00. The van der Waals surface area contributed by atoms with Gasteiger partial charge in [-0.1, -0.05) is 18.9 Å². The zero-order chi connectivity index (χ0) is 15.2. The Kier molecular flexibility index (Phi) is 5.04. The second-order valence-electron chi connectivity index (χ2n) is 5.51. The third-order valence-corrected chi connectivity index (χ3v) is 3.93. The molecule has 0 atom stereocenters. The summed E-state index contributed by atoms with van der Waals surface area (Å²) in [4.78, 5) is 12.2. The highest BCUT2D eigenvalue weighted by Gasteiger charge is 2.22. The van der Waals surface area contributed by atoms with Crippen molar-refractivity contribution in [3.63, 3.8) is 0 Å². The van der Waals surface area contributed by atoms with Crippen LogP contribution in [0.15, 0.2) is 36.6 Å². The third kappa shape index (κ3) is 3.88. The molecule has 0 aromatic heterocycles. The summed E-state index contributed by atoms with van der Waals surface area (Å²) in [6, 6.07) is 5.79. The Hall–Kier alpha value is -2.23. The highest BCUT2D eigenvalue weighted by molar-refractivity contribution is 5.93. The van der Waals surface area contributed by atoms with Crippen LogP contribution in [0.5, 0.6) is 0 Å². The molecule has 0 aliphatic heterocycles. The van der Waals surface area contributed by atoms with E-state index in [2.05, 4.69) is 5.32 Å². The van der Waals surface area contributed by atoms with Crippen molar-refractivity contribution in [2.45, 2.75) is 32.6 Å². The maximum Gasteiger partial charge on any atom is 0.227 e. The van der Waals surface area contributed by atoms with Crippen LogP contribution in [-0.2, 0) is 4.79 Å². The van der Waals surface area contributed by atoms with Crippen LogP contribution in [0.1, 0.15) is 36.8 Å². The monoisotopic (exact) mass is 285 g/mol. The predicted molar refractivity (Wildman–Crippen MR) is 87.3 cm³/mol. The lowest BCUT2D eigenvalue weighted by Gasteiger charge is -2.13. The second kappa shape index (κ2) is 6.97. The van der Waals surface area contributed by atoms with E-state index < -0.39 is 0 Å². The molecule has 1 aromatic rings. The number of amides is 1. The second-order valence-corrected chi connectivity index (χ2v) is 5.51. The molecule has 1 saturated carbocycles. The number of nitrogens with one attached hydrogen (secondary N) is 1. The minimum Gasteiger partial charge on any atom is -0.405 e. The van der Waals surface area contributed by atoms with Crippen molar-refractivity contribution >= 4 is 17.3 Å². The number of rotatable bonds is 4. The van der Waals surface area contributed by atoms with E-state index in [1.165, 1.54) is 6.20 Å². The summed E-state index contributed by atoms with van der Waals surface area (Å²) in [7, 11) is 0. The van der Waals surface area contributed by atoms with Crippen LogP contribution in [0.25, 0.3) is 5.70 Å². The van der Waals surface area contributed by atoms with E-state index in [4.69, 9.17) is 11.5 Å². The lowest BCUT2D eigenvalue weighted by Crippen LogP contribution is -2.20. The van der Waals surface area contributed by atoms with Gasteiger partial charge in [0.25, 0.3) is 0 Å². The van der Waals surface area contributed by atoms with E-state index in [1.807, 2.05) is 25.1 Å². The van der Waals surface area contributed by atoms with Crippen molar-refractivity contribution in [3.05, 3.63) is 47.7 Å². The molecule has 5 N–H and O–H groups in total. The molecular formula is C17H23N3O. The van der Waals surface area contributed by atoms with Crippen LogP contribution in [0, 0.1) is 12.8 Å². The normalized spacial score (nSPS) is 16.5. The van der Waals surface area contributed by atoms with Crippen LogP contribution < -0.4 is 16.8 Å². The van der Waals surface area contributed by atoms with Crippen LogP contribution in [0.2, 0.25) is 0 Å². The van der Waals surface area contributed by atoms with E-state index in [0.29, 0.717) is 5.70 Å². The van der Waals surface area contributed by atoms with E-state index >= 15 is 0 Å². The molecule has 1 amide bonds. The SMILES string of the molecule is Cc1ccc(NC(=O)C2CCCC2)cc1/C(N)=C/C=C\N. The summed E-state index contributed by atoms with van der Waals surface area (Å²) in [6.45, 7) is 1.99. The highest BCUT2D eigenvalue weighted by Crippen LogP contribution is 2.27. The Bertz CT molecular complexity index is 569. The van der Waals surface area contributed by atoms with Crippen LogP contribution >= 0.6 is 0 Å². The van der Waals surface area contributed by atoms with E-state index in [1.54, 1.807) is 12.2 Å². The minimum absolute atomic E-state index is 0.117. The van der Waals surface area contributed by atoms with Crippen molar-refractivity contribution < 1.29 is 4.79 Å². The molecule has 1 aromatic carbocycles. The topological polar surface area (TPSA) is 81.1 Å². The van der Waals surface area contributed by atoms with E-state index in [9.17, 15) is 4.79 Å². The van der Waals surface area contributed by atoms with Crippen molar-refractivity contribution in [1.82, 2.24) is 0 Å². The molecule has 0 heterocycles. The summed E-state index contributed by atoms with van der Waals surface area (Å²) in [6.07, 6.45) is 9.18. The molecule has 0 saturated heterocycles. The Morgan fingerprint density at radius 3 is 2.71 bits per heavy atom. The molecule has 0 radical (unpaired) electrons. The first-order valence-corrected chi connectivity index (χ1v) is 7.37. The Morgan fingerprint density at radius 1 is 1.33 bits per heavy atom. The van der Waals surface area contributed by atoms with Crippen molar-refractivity contribution in [2.75, 3.05) is 5.32 Å². The Labute approximate surface area is 125 Å². The average molecular weight is 285 g/mol. The number of allylic oxidation sites excluding steroid dienone is 2. The Morgan fingerprint density at radius 2 is 2.05 bits per heavy atom.